The first-order chi connectivity index (χ1) is 17.4. The zero-order chi connectivity index (χ0) is 27.1. The standard InChI is InChI=1S/C22H22O14S.K/c1-32-10-4-2-9(3-5-10)14-7-12(25)16-11(24)6-13(26)19(20(16)33-14)35-22-21(36-37(29,30)31)18(28)17(27)15(8-23)34-22;/h2-7,15,17-18,21-24,26-28H,8H2,1H3,(H,29,30,31);/q;+1/p-1/t15-,17-,18+,21-,22+;/m1./s1. The topological polar surface area (TPSA) is 225 Å². The van der Waals surface area contributed by atoms with E-state index in [0.717, 1.165) is 6.07 Å². The fourth-order valence-electron chi connectivity index (χ4n) is 3.79. The number of aromatic hydroxyl groups is 1. The zero-order valence-electron chi connectivity index (χ0n) is 19.9. The van der Waals surface area contributed by atoms with Gasteiger partial charge in [0, 0.05) is 11.6 Å². The summed E-state index contributed by atoms with van der Waals surface area (Å²) in [5.41, 5.74) is -0.985. The predicted octanol–water partition coefficient (Wildman–Crippen LogP) is -3.74. The van der Waals surface area contributed by atoms with Crippen LogP contribution in [0.15, 0.2) is 45.6 Å². The molecule has 38 heavy (non-hydrogen) atoms. The Morgan fingerprint density at radius 2 is 1.76 bits per heavy atom. The molecule has 0 aliphatic carbocycles. The Morgan fingerprint density at radius 1 is 1.11 bits per heavy atom. The number of rotatable bonds is 7. The van der Waals surface area contributed by atoms with Crippen molar-refractivity contribution < 1.29 is 113 Å². The van der Waals surface area contributed by atoms with Gasteiger partial charge in [-0.25, -0.2) is 4.18 Å². The smallest absolute Gasteiger partial charge is 0.872 e. The first-order valence-electron chi connectivity index (χ1n) is 10.5. The van der Waals surface area contributed by atoms with E-state index in [1.165, 1.54) is 7.11 Å². The van der Waals surface area contributed by atoms with E-state index in [2.05, 4.69) is 4.18 Å². The van der Waals surface area contributed by atoms with Crippen molar-refractivity contribution in [3.63, 3.8) is 0 Å². The Labute approximate surface area is 257 Å². The SMILES string of the molecule is COc1ccc(-c2cc(=O)c3c([O-])cc(O)c(O[C@@H]4O[C@H](CO)[C@@H](O)[C@H](O)[C@H]4OS(=O)(=O)O)c3o2)cc1.[K+]. The van der Waals surface area contributed by atoms with Crippen molar-refractivity contribution in [2.75, 3.05) is 13.7 Å². The van der Waals surface area contributed by atoms with E-state index in [1.807, 2.05) is 0 Å². The van der Waals surface area contributed by atoms with Gasteiger partial charge in [-0.05, 0) is 30.3 Å². The number of phenols is 1. The molecule has 5 atom stereocenters. The van der Waals surface area contributed by atoms with Crippen LogP contribution < -0.4 is 71.4 Å². The maximum atomic E-state index is 12.8. The summed E-state index contributed by atoms with van der Waals surface area (Å²) in [5.74, 6) is -2.00. The Morgan fingerprint density at radius 3 is 2.34 bits per heavy atom. The summed E-state index contributed by atoms with van der Waals surface area (Å²) < 4.78 is 57.8. The van der Waals surface area contributed by atoms with Crippen LogP contribution in [0.3, 0.4) is 0 Å². The molecule has 16 heteroatoms. The van der Waals surface area contributed by atoms with Gasteiger partial charge in [0.2, 0.25) is 12.0 Å². The summed E-state index contributed by atoms with van der Waals surface area (Å²) in [6, 6.07) is 7.93. The molecule has 3 aromatic rings. The molecule has 2 heterocycles. The van der Waals surface area contributed by atoms with E-state index in [4.69, 9.17) is 23.2 Å². The number of hydrogen-bond acceptors (Lipinski definition) is 13. The van der Waals surface area contributed by atoms with Crippen molar-refractivity contribution in [1.29, 1.82) is 0 Å². The molecule has 4 rings (SSSR count). The Kier molecular flexibility index (Phi) is 9.83. The maximum Gasteiger partial charge on any atom is 1.00 e. The van der Waals surface area contributed by atoms with Gasteiger partial charge in [0.05, 0.1) is 19.1 Å². The Hall–Kier alpha value is -1.80. The van der Waals surface area contributed by atoms with Gasteiger partial charge in [-0.2, -0.15) is 8.42 Å². The van der Waals surface area contributed by atoms with Crippen LogP contribution in [0.5, 0.6) is 23.0 Å². The molecule has 14 nitrogen and oxygen atoms in total. The normalized spacial score (nSPS) is 23.6. The number of fused-ring (bicyclic) bond motifs is 1. The second-order valence-corrected chi connectivity index (χ2v) is 8.99. The molecule has 1 fully saturated rings. The average Bonchev–Trinajstić information content (AvgIpc) is 2.84. The maximum absolute atomic E-state index is 12.8. The summed E-state index contributed by atoms with van der Waals surface area (Å²) in [4.78, 5) is 12.8. The Bertz CT molecular complexity index is 1460. The molecule has 0 amide bonds. The van der Waals surface area contributed by atoms with Gasteiger partial charge >= 0.3 is 61.8 Å². The number of benzene rings is 2. The van der Waals surface area contributed by atoms with Crippen LogP contribution in [0.4, 0.5) is 0 Å². The van der Waals surface area contributed by atoms with Gasteiger partial charge in [0.25, 0.3) is 0 Å². The van der Waals surface area contributed by atoms with Crippen LogP contribution >= 0.6 is 0 Å². The molecule has 200 valence electrons. The van der Waals surface area contributed by atoms with Gasteiger partial charge in [0.15, 0.2) is 22.9 Å². The number of aliphatic hydroxyl groups is 3. The third kappa shape index (κ3) is 6.32. The van der Waals surface area contributed by atoms with Crippen LogP contribution in [-0.4, -0.2) is 77.8 Å². The minimum Gasteiger partial charge on any atom is -0.872 e. The quantitative estimate of drug-likeness (QED) is 0.134. The number of ether oxygens (including phenoxy) is 3. The van der Waals surface area contributed by atoms with Gasteiger partial charge < -0.3 is 44.2 Å². The Balaban J connectivity index is 0.00000400. The molecule has 1 aromatic heterocycles. The minimum atomic E-state index is -5.23. The van der Waals surface area contributed by atoms with E-state index >= 15 is 0 Å². The van der Waals surface area contributed by atoms with Crippen molar-refractivity contribution in [1.82, 2.24) is 0 Å². The molecule has 0 radical (unpaired) electrons. The summed E-state index contributed by atoms with van der Waals surface area (Å²) >= 11 is 0. The van der Waals surface area contributed by atoms with Gasteiger partial charge in [-0.3, -0.25) is 9.35 Å². The first kappa shape index (κ1) is 30.7. The largest absolute Gasteiger partial charge is 1.00 e. The molecule has 5 N–H and O–H groups in total. The molecule has 0 saturated carbocycles. The second kappa shape index (κ2) is 12.2. The van der Waals surface area contributed by atoms with E-state index in [-0.39, 0.29) is 57.1 Å². The summed E-state index contributed by atoms with van der Waals surface area (Å²) in [6.07, 6.45) is -9.60. The average molecular weight is 581 g/mol. The molecule has 0 spiro atoms. The van der Waals surface area contributed by atoms with Crippen LogP contribution in [0.25, 0.3) is 22.3 Å². The van der Waals surface area contributed by atoms with E-state index < -0.39 is 81.4 Å². The van der Waals surface area contributed by atoms with Crippen molar-refractivity contribution in [3.05, 3.63) is 46.6 Å². The van der Waals surface area contributed by atoms with Crippen LogP contribution in [0.2, 0.25) is 0 Å². The van der Waals surface area contributed by atoms with Gasteiger partial charge in [-0.15, -0.1) is 0 Å². The van der Waals surface area contributed by atoms with Crippen molar-refractivity contribution in [2.45, 2.75) is 30.7 Å². The summed E-state index contributed by atoms with van der Waals surface area (Å²) in [7, 11) is -3.78. The number of methoxy groups -OCH3 is 1. The summed E-state index contributed by atoms with van der Waals surface area (Å²) in [6.45, 7) is -0.861. The van der Waals surface area contributed by atoms with Crippen molar-refractivity contribution in [2.24, 2.45) is 0 Å². The molecule has 2 aromatic carbocycles. The number of phenolic OH excluding ortho intramolecular Hbond substituents is 1. The third-order valence-corrected chi connectivity index (χ3v) is 6.03. The van der Waals surface area contributed by atoms with Crippen LogP contribution in [0.1, 0.15) is 0 Å². The first-order valence-corrected chi connectivity index (χ1v) is 11.9. The monoisotopic (exact) mass is 580 g/mol. The van der Waals surface area contributed by atoms with Gasteiger partial charge in [0.1, 0.15) is 29.8 Å². The summed E-state index contributed by atoms with van der Waals surface area (Å²) in [5, 5.41) is 52.3. The van der Waals surface area contributed by atoms with Crippen molar-refractivity contribution >= 4 is 21.4 Å². The fourth-order valence-corrected chi connectivity index (χ4v) is 4.27. The molecule has 1 aliphatic rings. The molecular weight excluding hydrogens is 559 g/mol. The minimum absolute atomic E-state index is 0. The van der Waals surface area contributed by atoms with E-state index in [0.29, 0.717) is 17.4 Å². The zero-order valence-corrected chi connectivity index (χ0v) is 23.8. The fraction of sp³-hybridized carbons (Fsp3) is 0.318. The number of aliphatic hydroxyl groups excluding tert-OH is 3. The molecule has 1 aliphatic heterocycles. The van der Waals surface area contributed by atoms with E-state index in [1.54, 1.807) is 24.3 Å². The van der Waals surface area contributed by atoms with Crippen LogP contribution in [-0.2, 0) is 19.3 Å². The van der Waals surface area contributed by atoms with Gasteiger partial charge in [-0.1, -0.05) is 5.75 Å². The predicted molar refractivity (Wildman–Crippen MR) is 120 cm³/mol. The third-order valence-electron chi connectivity index (χ3n) is 5.57. The molecule has 0 unspecified atom stereocenters. The van der Waals surface area contributed by atoms with E-state index in [9.17, 15) is 38.7 Å². The second-order valence-electron chi connectivity index (χ2n) is 7.94. The molecular formula is C22H21KO14S. The molecule has 1 saturated heterocycles. The van der Waals surface area contributed by atoms with Crippen molar-refractivity contribution in [3.8, 4) is 34.3 Å². The molecule has 0 bridgehead atoms. The van der Waals surface area contributed by atoms with Crippen LogP contribution in [0, 0.1) is 0 Å². The number of hydrogen-bond donors (Lipinski definition) is 5.